The van der Waals surface area contributed by atoms with Crippen molar-refractivity contribution in [2.75, 3.05) is 28.2 Å². The highest BCUT2D eigenvalue weighted by molar-refractivity contribution is 7.87. The molecule has 0 saturated heterocycles. The molecule has 5 aromatic rings. The maximum atomic E-state index is 13.3. The number of thiazole rings is 1. The van der Waals surface area contributed by atoms with Gasteiger partial charge in [-0.1, -0.05) is 0 Å². The molecule has 0 saturated carbocycles. The first kappa shape index (κ1) is 28.1. The van der Waals surface area contributed by atoms with Gasteiger partial charge in [-0.05, 0) is 12.1 Å². The molecule has 0 aliphatic carbocycles. The predicted molar refractivity (Wildman–Crippen MR) is 146 cm³/mol. The fourth-order valence-electron chi connectivity index (χ4n) is 3.97. The largest absolute Gasteiger partial charge is 0.386 e. The predicted octanol–water partition coefficient (Wildman–Crippen LogP) is -0.629. The quantitative estimate of drug-likeness (QED) is 0.225. The molecular weight excluding hydrogens is 584 g/mol. The average molecular weight is 611 g/mol. The zero-order valence-corrected chi connectivity index (χ0v) is 24.5. The molecule has 5 rings (SSSR count). The third-order valence-corrected chi connectivity index (χ3v) is 10.6. The molecule has 0 spiro atoms. The molecule has 16 nitrogen and oxygen atoms in total. The van der Waals surface area contributed by atoms with Gasteiger partial charge in [0.2, 0.25) is 0 Å². The Kier molecular flexibility index (Phi) is 6.91. The minimum atomic E-state index is -3.78. The third kappa shape index (κ3) is 4.63. The molecule has 1 atom stereocenters. The summed E-state index contributed by atoms with van der Waals surface area (Å²) >= 11 is 1.20. The number of nitrogens with zero attached hydrogens (tertiary/aromatic N) is 10. The van der Waals surface area contributed by atoms with E-state index in [1.165, 1.54) is 74.9 Å². The Morgan fingerprint density at radius 2 is 1.55 bits per heavy atom. The molecule has 0 aromatic carbocycles. The Morgan fingerprint density at radius 3 is 2.15 bits per heavy atom. The molecule has 214 valence electrons. The summed E-state index contributed by atoms with van der Waals surface area (Å²) in [6.45, 7) is -0.0445. The number of aryl methyl sites for hydroxylation is 1. The van der Waals surface area contributed by atoms with Crippen LogP contribution >= 0.6 is 11.3 Å². The monoisotopic (exact) mass is 610 g/mol. The van der Waals surface area contributed by atoms with Gasteiger partial charge in [0.1, 0.15) is 16.6 Å². The summed E-state index contributed by atoms with van der Waals surface area (Å²) in [5, 5.41) is 24.1. The second-order valence-electron chi connectivity index (χ2n) is 9.29. The Hall–Kier alpha value is -3.49. The number of aliphatic hydroxyl groups excluding tert-OH is 1. The van der Waals surface area contributed by atoms with Gasteiger partial charge in [-0.25, -0.2) is 9.67 Å². The van der Waals surface area contributed by atoms with Crippen molar-refractivity contribution >= 4 is 53.0 Å². The van der Waals surface area contributed by atoms with E-state index in [1.807, 2.05) is 0 Å². The van der Waals surface area contributed by atoms with Crippen LogP contribution in [0.2, 0.25) is 0 Å². The topological polar surface area (TPSA) is 183 Å². The molecule has 19 heteroatoms. The van der Waals surface area contributed by atoms with E-state index in [1.54, 1.807) is 11.6 Å². The first-order valence-electron chi connectivity index (χ1n) is 11.7. The highest BCUT2D eigenvalue weighted by Gasteiger charge is 2.24. The van der Waals surface area contributed by atoms with E-state index in [0.29, 0.717) is 37.6 Å². The van der Waals surface area contributed by atoms with Crippen LogP contribution in [0.3, 0.4) is 0 Å². The van der Waals surface area contributed by atoms with Crippen LogP contribution < -0.4 is 5.56 Å². The van der Waals surface area contributed by atoms with Gasteiger partial charge >= 0.3 is 20.4 Å². The first-order chi connectivity index (χ1) is 18.7. The van der Waals surface area contributed by atoms with Crippen LogP contribution in [0.15, 0.2) is 35.5 Å². The van der Waals surface area contributed by atoms with Gasteiger partial charge < -0.3 is 9.67 Å². The summed E-state index contributed by atoms with van der Waals surface area (Å²) < 4.78 is 56.2. The van der Waals surface area contributed by atoms with E-state index in [4.69, 9.17) is 0 Å². The normalized spacial score (nSPS) is 13.8. The lowest BCUT2D eigenvalue weighted by Gasteiger charge is -2.10. The Bertz CT molecular complexity index is 2010. The standard InChI is InChI=1S/C21H26N10O6S3/c1-26(2)39(34,35)30-8-6-13(24-30)10-16(32)20-23-19-18(38-20)15-11-22-29(21(33)17(15)28(19)5)12-14-7-9-31(25-14)40(36,37)27(3)4/h6-9,11,16,32H,10,12H2,1-5H3. The number of hydrogen-bond donors (Lipinski definition) is 1. The van der Waals surface area contributed by atoms with E-state index in [0.717, 1.165) is 16.8 Å². The van der Waals surface area contributed by atoms with E-state index in [2.05, 4.69) is 20.3 Å². The molecule has 5 aromatic heterocycles. The molecular formula is C21H26N10O6S3. The fourth-order valence-corrected chi connectivity index (χ4v) is 6.58. The lowest BCUT2D eigenvalue weighted by atomic mass is 10.2. The van der Waals surface area contributed by atoms with Crippen molar-refractivity contribution in [3.05, 3.63) is 57.5 Å². The summed E-state index contributed by atoms with van der Waals surface area (Å²) in [5.74, 6) is 0. The minimum Gasteiger partial charge on any atom is -0.386 e. The fraction of sp³-hybridized carbons (Fsp3) is 0.381. The molecule has 0 fully saturated rings. The van der Waals surface area contributed by atoms with Crippen LogP contribution in [0.4, 0.5) is 0 Å². The molecule has 1 unspecified atom stereocenters. The van der Waals surface area contributed by atoms with Gasteiger partial charge in [-0.3, -0.25) is 4.79 Å². The zero-order valence-electron chi connectivity index (χ0n) is 22.1. The molecule has 0 bridgehead atoms. The molecule has 0 aliphatic rings. The maximum Gasteiger partial charge on any atom is 0.322 e. The summed E-state index contributed by atoms with van der Waals surface area (Å²) in [7, 11) is -0.296. The Morgan fingerprint density at radius 1 is 0.975 bits per heavy atom. The first-order valence-corrected chi connectivity index (χ1v) is 15.3. The van der Waals surface area contributed by atoms with Gasteiger partial charge in [-0.2, -0.15) is 48.9 Å². The number of rotatable bonds is 9. The van der Waals surface area contributed by atoms with Crippen LogP contribution in [-0.2, 0) is 40.4 Å². The van der Waals surface area contributed by atoms with Gasteiger partial charge in [0, 0.05) is 59.4 Å². The van der Waals surface area contributed by atoms with Crippen molar-refractivity contribution in [3.63, 3.8) is 0 Å². The van der Waals surface area contributed by atoms with Crippen LogP contribution in [0, 0.1) is 0 Å². The summed E-state index contributed by atoms with van der Waals surface area (Å²) in [6, 6.07) is 3.01. The number of hydrogen-bond acceptors (Lipinski definition) is 11. The zero-order chi connectivity index (χ0) is 29.1. The summed E-state index contributed by atoms with van der Waals surface area (Å²) in [5.41, 5.74) is 1.11. The van der Waals surface area contributed by atoms with Gasteiger partial charge in [0.05, 0.1) is 28.8 Å². The van der Waals surface area contributed by atoms with Crippen molar-refractivity contribution in [2.45, 2.75) is 19.1 Å². The van der Waals surface area contributed by atoms with Crippen molar-refractivity contribution in [1.29, 1.82) is 0 Å². The number of aromatic nitrogens is 8. The van der Waals surface area contributed by atoms with Crippen molar-refractivity contribution in [2.24, 2.45) is 7.05 Å². The number of aliphatic hydroxyl groups is 1. The van der Waals surface area contributed by atoms with E-state index < -0.39 is 32.1 Å². The molecule has 1 N–H and O–H groups in total. The second kappa shape index (κ2) is 9.85. The van der Waals surface area contributed by atoms with Crippen LogP contribution in [0.5, 0.6) is 0 Å². The minimum absolute atomic E-state index is 0.0367. The summed E-state index contributed by atoms with van der Waals surface area (Å²) in [4.78, 5) is 17.8. The molecule has 0 radical (unpaired) electrons. The van der Waals surface area contributed by atoms with Gasteiger partial charge in [0.15, 0.2) is 5.65 Å². The van der Waals surface area contributed by atoms with Crippen molar-refractivity contribution < 1.29 is 21.9 Å². The average Bonchev–Trinajstić information content (AvgIpc) is 3.67. The SMILES string of the molecule is CN(C)S(=O)(=O)n1ccc(CC(O)c2nc3c(s2)c2cnn(Cc4ccn(S(=O)(=O)N(C)C)n4)c(=O)c2n3C)n1. The van der Waals surface area contributed by atoms with Crippen molar-refractivity contribution in [3.8, 4) is 0 Å². The third-order valence-electron chi connectivity index (χ3n) is 6.18. The van der Waals surface area contributed by atoms with Gasteiger partial charge in [-0.15, -0.1) is 11.3 Å². The molecule has 0 aliphatic heterocycles. The smallest absolute Gasteiger partial charge is 0.322 e. The van der Waals surface area contributed by atoms with Crippen LogP contribution in [0.25, 0.3) is 21.3 Å². The van der Waals surface area contributed by atoms with E-state index in [9.17, 15) is 26.7 Å². The van der Waals surface area contributed by atoms with E-state index >= 15 is 0 Å². The lowest BCUT2D eigenvalue weighted by molar-refractivity contribution is 0.177. The second-order valence-corrected chi connectivity index (χ2v) is 14.3. The molecule has 40 heavy (non-hydrogen) atoms. The maximum absolute atomic E-state index is 13.3. The lowest BCUT2D eigenvalue weighted by Crippen LogP contribution is -2.29. The Balaban J connectivity index is 1.42. The van der Waals surface area contributed by atoms with Gasteiger partial charge in [0.25, 0.3) is 5.56 Å². The number of fused-ring (bicyclic) bond motifs is 3. The van der Waals surface area contributed by atoms with Crippen LogP contribution in [0.1, 0.15) is 22.5 Å². The molecule has 0 amide bonds. The Labute approximate surface area is 232 Å². The van der Waals surface area contributed by atoms with Crippen LogP contribution in [-0.4, -0.2) is 96.4 Å². The summed E-state index contributed by atoms with van der Waals surface area (Å²) in [6.07, 6.45) is 3.12. The van der Waals surface area contributed by atoms with E-state index in [-0.39, 0.29) is 13.0 Å². The highest BCUT2D eigenvalue weighted by atomic mass is 32.2. The molecule has 5 heterocycles. The van der Waals surface area contributed by atoms with Crippen molar-refractivity contribution in [1.82, 2.24) is 46.3 Å². The highest BCUT2D eigenvalue weighted by Crippen LogP contribution is 2.34.